The highest BCUT2D eigenvalue weighted by molar-refractivity contribution is 4.54. The standard InChI is InChI=1S/C14H31NO/c1-5-6-7-8-11-16-12-9-10-15(4)13-14(2)3/h14H,5-13H2,1-4H3. The zero-order chi connectivity index (χ0) is 12.2. The van der Waals surface area contributed by atoms with Gasteiger partial charge in [0.2, 0.25) is 0 Å². The van der Waals surface area contributed by atoms with E-state index in [2.05, 4.69) is 32.7 Å². The summed E-state index contributed by atoms with van der Waals surface area (Å²) in [4.78, 5) is 2.39. The summed E-state index contributed by atoms with van der Waals surface area (Å²) in [6.45, 7) is 11.0. The minimum Gasteiger partial charge on any atom is -0.381 e. The third-order valence-electron chi connectivity index (χ3n) is 2.65. The molecule has 0 rings (SSSR count). The Morgan fingerprint density at radius 1 is 1.00 bits per heavy atom. The molecule has 0 spiro atoms. The van der Waals surface area contributed by atoms with Gasteiger partial charge in [-0.25, -0.2) is 0 Å². The molecule has 0 radical (unpaired) electrons. The second-order valence-electron chi connectivity index (χ2n) is 5.18. The van der Waals surface area contributed by atoms with Crippen molar-refractivity contribution in [2.45, 2.75) is 52.9 Å². The summed E-state index contributed by atoms with van der Waals surface area (Å²) >= 11 is 0. The van der Waals surface area contributed by atoms with Gasteiger partial charge in [0.05, 0.1) is 0 Å². The normalized spacial score (nSPS) is 11.6. The quantitative estimate of drug-likeness (QED) is 0.502. The van der Waals surface area contributed by atoms with Gasteiger partial charge in [0.1, 0.15) is 0 Å². The van der Waals surface area contributed by atoms with Crippen molar-refractivity contribution in [2.75, 3.05) is 33.4 Å². The molecule has 0 amide bonds. The van der Waals surface area contributed by atoms with Gasteiger partial charge < -0.3 is 9.64 Å². The molecule has 2 nitrogen and oxygen atoms in total. The van der Waals surface area contributed by atoms with Crippen LogP contribution in [0, 0.1) is 5.92 Å². The van der Waals surface area contributed by atoms with E-state index in [1.165, 1.54) is 32.2 Å². The fourth-order valence-corrected chi connectivity index (χ4v) is 1.88. The molecule has 0 heterocycles. The van der Waals surface area contributed by atoms with Gasteiger partial charge in [0, 0.05) is 26.3 Å². The predicted octanol–water partition coefficient (Wildman–Crippen LogP) is 3.56. The summed E-state index contributed by atoms with van der Waals surface area (Å²) in [7, 11) is 2.20. The fraction of sp³-hybridized carbons (Fsp3) is 1.00. The number of unbranched alkanes of at least 4 members (excludes halogenated alkanes) is 3. The van der Waals surface area contributed by atoms with Crippen molar-refractivity contribution in [3.05, 3.63) is 0 Å². The minimum atomic E-state index is 0.764. The van der Waals surface area contributed by atoms with Crippen LogP contribution in [0.5, 0.6) is 0 Å². The van der Waals surface area contributed by atoms with Crippen LogP contribution >= 0.6 is 0 Å². The van der Waals surface area contributed by atoms with Crippen LogP contribution in [0.15, 0.2) is 0 Å². The van der Waals surface area contributed by atoms with Gasteiger partial charge in [-0.1, -0.05) is 40.0 Å². The van der Waals surface area contributed by atoms with Crippen LogP contribution in [0.2, 0.25) is 0 Å². The first-order chi connectivity index (χ1) is 7.66. The molecule has 98 valence electrons. The maximum absolute atomic E-state index is 5.61. The molecular formula is C14H31NO. The Kier molecular flexibility index (Phi) is 11.3. The first-order valence-corrected chi connectivity index (χ1v) is 6.93. The van der Waals surface area contributed by atoms with Crippen molar-refractivity contribution in [1.29, 1.82) is 0 Å². The lowest BCUT2D eigenvalue weighted by Gasteiger charge is -2.18. The molecule has 0 aliphatic carbocycles. The van der Waals surface area contributed by atoms with Crippen molar-refractivity contribution >= 4 is 0 Å². The van der Waals surface area contributed by atoms with Gasteiger partial charge in [0.15, 0.2) is 0 Å². The van der Waals surface area contributed by atoms with E-state index in [0.29, 0.717) is 0 Å². The lowest BCUT2D eigenvalue weighted by Crippen LogP contribution is -2.25. The second-order valence-corrected chi connectivity index (χ2v) is 5.18. The van der Waals surface area contributed by atoms with Gasteiger partial charge in [-0.15, -0.1) is 0 Å². The summed E-state index contributed by atoms with van der Waals surface area (Å²) in [5.41, 5.74) is 0. The highest BCUT2D eigenvalue weighted by Gasteiger charge is 2.00. The zero-order valence-corrected chi connectivity index (χ0v) is 11.8. The van der Waals surface area contributed by atoms with Crippen LogP contribution in [0.25, 0.3) is 0 Å². The first kappa shape index (κ1) is 15.9. The van der Waals surface area contributed by atoms with Gasteiger partial charge in [-0.05, 0) is 25.8 Å². The number of nitrogens with zero attached hydrogens (tertiary/aromatic N) is 1. The van der Waals surface area contributed by atoms with E-state index < -0.39 is 0 Å². The Bertz CT molecular complexity index is 137. The van der Waals surface area contributed by atoms with E-state index in [0.717, 1.165) is 32.1 Å². The largest absolute Gasteiger partial charge is 0.381 e. The molecule has 0 aliphatic rings. The lowest BCUT2D eigenvalue weighted by molar-refractivity contribution is 0.118. The molecule has 0 aromatic carbocycles. The lowest BCUT2D eigenvalue weighted by atomic mass is 10.2. The van der Waals surface area contributed by atoms with Crippen molar-refractivity contribution in [3.8, 4) is 0 Å². The molecule has 0 aliphatic heterocycles. The molecule has 2 heteroatoms. The van der Waals surface area contributed by atoms with Crippen LogP contribution in [-0.2, 0) is 4.74 Å². The SMILES string of the molecule is CCCCCCOCCCN(C)CC(C)C. The average molecular weight is 229 g/mol. The Morgan fingerprint density at radius 3 is 2.31 bits per heavy atom. The van der Waals surface area contributed by atoms with E-state index in [-0.39, 0.29) is 0 Å². The highest BCUT2D eigenvalue weighted by Crippen LogP contribution is 2.00. The zero-order valence-electron chi connectivity index (χ0n) is 11.8. The molecule has 0 saturated heterocycles. The molecule has 0 N–H and O–H groups in total. The van der Waals surface area contributed by atoms with Gasteiger partial charge in [-0.2, -0.15) is 0 Å². The Labute approximate surface area is 102 Å². The van der Waals surface area contributed by atoms with E-state index in [9.17, 15) is 0 Å². The van der Waals surface area contributed by atoms with E-state index in [1.54, 1.807) is 0 Å². The van der Waals surface area contributed by atoms with E-state index in [4.69, 9.17) is 4.74 Å². The smallest absolute Gasteiger partial charge is 0.0478 e. The second kappa shape index (κ2) is 11.4. The number of ether oxygens (including phenoxy) is 1. The topological polar surface area (TPSA) is 12.5 Å². The summed E-state index contributed by atoms with van der Waals surface area (Å²) in [5, 5.41) is 0. The fourth-order valence-electron chi connectivity index (χ4n) is 1.88. The van der Waals surface area contributed by atoms with Crippen LogP contribution in [0.1, 0.15) is 52.9 Å². The molecule has 0 unspecified atom stereocenters. The average Bonchev–Trinajstić information content (AvgIpc) is 2.21. The third kappa shape index (κ3) is 12.0. The maximum atomic E-state index is 5.61. The molecule has 16 heavy (non-hydrogen) atoms. The monoisotopic (exact) mass is 229 g/mol. The highest BCUT2D eigenvalue weighted by atomic mass is 16.5. The van der Waals surface area contributed by atoms with Crippen LogP contribution < -0.4 is 0 Å². The molecule has 0 aromatic heterocycles. The number of hydrogen-bond donors (Lipinski definition) is 0. The Hall–Kier alpha value is -0.0800. The van der Waals surface area contributed by atoms with Gasteiger partial charge in [0.25, 0.3) is 0 Å². The minimum absolute atomic E-state index is 0.764. The summed E-state index contributed by atoms with van der Waals surface area (Å²) < 4.78 is 5.61. The van der Waals surface area contributed by atoms with Crippen LogP contribution in [0.4, 0.5) is 0 Å². The summed E-state index contributed by atoms with van der Waals surface area (Å²) in [5.74, 6) is 0.764. The van der Waals surface area contributed by atoms with E-state index >= 15 is 0 Å². The van der Waals surface area contributed by atoms with Crippen LogP contribution in [-0.4, -0.2) is 38.3 Å². The number of hydrogen-bond acceptors (Lipinski definition) is 2. The predicted molar refractivity (Wildman–Crippen MR) is 71.9 cm³/mol. The van der Waals surface area contributed by atoms with Gasteiger partial charge in [-0.3, -0.25) is 0 Å². The van der Waals surface area contributed by atoms with Crippen molar-refractivity contribution in [3.63, 3.8) is 0 Å². The first-order valence-electron chi connectivity index (χ1n) is 6.93. The summed E-state index contributed by atoms with van der Waals surface area (Å²) in [6.07, 6.45) is 6.37. The van der Waals surface area contributed by atoms with Gasteiger partial charge >= 0.3 is 0 Å². The van der Waals surface area contributed by atoms with Crippen molar-refractivity contribution in [1.82, 2.24) is 4.90 Å². The summed E-state index contributed by atoms with van der Waals surface area (Å²) in [6, 6.07) is 0. The maximum Gasteiger partial charge on any atom is 0.0478 e. The Balaban J connectivity index is 3.08. The molecule has 0 atom stereocenters. The molecule has 0 saturated carbocycles. The molecular weight excluding hydrogens is 198 g/mol. The van der Waals surface area contributed by atoms with E-state index in [1.807, 2.05) is 0 Å². The number of rotatable bonds is 11. The Morgan fingerprint density at radius 2 is 1.69 bits per heavy atom. The molecule has 0 fully saturated rings. The van der Waals surface area contributed by atoms with Crippen molar-refractivity contribution < 1.29 is 4.74 Å². The van der Waals surface area contributed by atoms with Crippen LogP contribution in [0.3, 0.4) is 0 Å². The van der Waals surface area contributed by atoms with Crippen molar-refractivity contribution in [2.24, 2.45) is 5.92 Å². The third-order valence-corrected chi connectivity index (χ3v) is 2.65. The molecule has 0 bridgehead atoms. The molecule has 0 aromatic rings.